The summed E-state index contributed by atoms with van der Waals surface area (Å²) in [6, 6.07) is 9.27. The minimum Gasteiger partial charge on any atom is -0.288 e. The van der Waals surface area contributed by atoms with Crippen molar-refractivity contribution in [3.8, 4) is 0 Å². The summed E-state index contributed by atoms with van der Waals surface area (Å²) in [6.45, 7) is 1.85. The Bertz CT molecular complexity index is 447. The number of thiazole rings is 1. The van der Waals surface area contributed by atoms with Gasteiger partial charge >= 0.3 is 0 Å². The Balaban J connectivity index is 2.39. The largest absolute Gasteiger partial charge is 0.288 e. The summed E-state index contributed by atoms with van der Waals surface area (Å²) in [6.07, 6.45) is 0. The van der Waals surface area contributed by atoms with Crippen molar-refractivity contribution in [3.63, 3.8) is 0 Å². The number of nitrogens with zero attached hydrogens (tertiary/aromatic N) is 1. The Hall–Kier alpha value is -1.48. The molecule has 0 radical (unpaired) electrons. The first kappa shape index (κ1) is 9.09. The molecule has 1 aromatic heterocycles. The molecule has 0 amide bonds. The third kappa shape index (κ3) is 1.59. The zero-order chi connectivity index (χ0) is 9.97. The molecular weight excluding hydrogens is 194 g/mol. The van der Waals surface area contributed by atoms with E-state index in [1.807, 2.05) is 37.3 Å². The van der Waals surface area contributed by atoms with Crippen LogP contribution >= 0.6 is 11.3 Å². The maximum absolute atomic E-state index is 11.9. The highest BCUT2D eigenvalue weighted by atomic mass is 32.1. The first-order valence-corrected chi connectivity index (χ1v) is 5.17. The SMILES string of the molecule is Cc1ncsc1C(=O)c1ccccc1. The molecule has 70 valence electrons. The summed E-state index contributed by atoms with van der Waals surface area (Å²) in [5.74, 6) is 0.0607. The quantitative estimate of drug-likeness (QED) is 0.702. The minimum absolute atomic E-state index is 0.0607. The van der Waals surface area contributed by atoms with E-state index >= 15 is 0 Å². The standard InChI is InChI=1S/C11H9NOS/c1-8-11(14-7-12-8)10(13)9-5-3-2-4-6-9/h2-7H,1H3. The molecule has 14 heavy (non-hydrogen) atoms. The fraction of sp³-hybridized carbons (Fsp3) is 0.0909. The molecular formula is C11H9NOS. The van der Waals surface area contributed by atoms with E-state index in [1.54, 1.807) is 5.51 Å². The normalized spacial score (nSPS) is 10.1. The average Bonchev–Trinajstić information content (AvgIpc) is 2.65. The predicted octanol–water partition coefficient (Wildman–Crippen LogP) is 2.68. The monoisotopic (exact) mass is 203 g/mol. The zero-order valence-electron chi connectivity index (χ0n) is 7.73. The maximum Gasteiger partial charge on any atom is 0.204 e. The number of hydrogen-bond acceptors (Lipinski definition) is 3. The molecule has 0 N–H and O–H groups in total. The van der Waals surface area contributed by atoms with Crippen molar-refractivity contribution < 1.29 is 4.79 Å². The van der Waals surface area contributed by atoms with E-state index in [2.05, 4.69) is 4.98 Å². The number of ketones is 1. The highest BCUT2D eigenvalue weighted by Gasteiger charge is 2.12. The van der Waals surface area contributed by atoms with Gasteiger partial charge in [0.05, 0.1) is 16.1 Å². The number of benzene rings is 1. The van der Waals surface area contributed by atoms with E-state index < -0.39 is 0 Å². The van der Waals surface area contributed by atoms with Crippen molar-refractivity contribution in [2.45, 2.75) is 6.92 Å². The molecule has 0 aliphatic rings. The number of aryl methyl sites for hydroxylation is 1. The molecule has 0 aliphatic carbocycles. The Kier molecular flexibility index (Phi) is 2.41. The van der Waals surface area contributed by atoms with Gasteiger partial charge in [0, 0.05) is 5.56 Å². The summed E-state index contributed by atoms with van der Waals surface area (Å²) in [5.41, 5.74) is 3.23. The average molecular weight is 203 g/mol. The topological polar surface area (TPSA) is 30.0 Å². The minimum atomic E-state index is 0.0607. The molecule has 2 rings (SSSR count). The van der Waals surface area contributed by atoms with E-state index in [9.17, 15) is 4.79 Å². The fourth-order valence-corrected chi connectivity index (χ4v) is 2.00. The molecule has 0 aliphatic heterocycles. The first-order chi connectivity index (χ1) is 6.79. The van der Waals surface area contributed by atoms with Crippen molar-refractivity contribution in [2.24, 2.45) is 0 Å². The van der Waals surface area contributed by atoms with E-state index in [0.29, 0.717) is 0 Å². The second-order valence-corrected chi connectivity index (χ2v) is 3.82. The molecule has 0 atom stereocenters. The maximum atomic E-state index is 11.9. The summed E-state index contributed by atoms with van der Waals surface area (Å²) < 4.78 is 0. The lowest BCUT2D eigenvalue weighted by molar-refractivity contribution is 0.104. The summed E-state index contributed by atoms with van der Waals surface area (Å²) >= 11 is 1.39. The van der Waals surface area contributed by atoms with Crippen LogP contribution in [0.1, 0.15) is 20.9 Å². The van der Waals surface area contributed by atoms with E-state index in [1.165, 1.54) is 11.3 Å². The summed E-state index contributed by atoms with van der Waals surface area (Å²) in [4.78, 5) is 16.7. The second-order valence-electron chi connectivity index (χ2n) is 2.96. The fourth-order valence-electron chi connectivity index (χ4n) is 1.24. The Morgan fingerprint density at radius 2 is 2.00 bits per heavy atom. The molecule has 0 spiro atoms. The number of carbonyl (C=O) groups is 1. The van der Waals surface area contributed by atoms with Gasteiger partial charge in [0.1, 0.15) is 0 Å². The van der Waals surface area contributed by atoms with Gasteiger partial charge in [-0.3, -0.25) is 4.79 Å². The van der Waals surface area contributed by atoms with E-state index in [4.69, 9.17) is 0 Å². The highest BCUT2D eigenvalue weighted by Crippen LogP contribution is 2.17. The molecule has 0 unspecified atom stereocenters. The number of rotatable bonds is 2. The van der Waals surface area contributed by atoms with Gasteiger partial charge in [-0.2, -0.15) is 0 Å². The molecule has 3 heteroatoms. The Morgan fingerprint density at radius 3 is 2.57 bits per heavy atom. The third-order valence-electron chi connectivity index (χ3n) is 1.99. The van der Waals surface area contributed by atoms with Crippen LogP contribution in [-0.2, 0) is 0 Å². The van der Waals surface area contributed by atoms with Crippen LogP contribution in [0.25, 0.3) is 0 Å². The van der Waals surface area contributed by atoms with Crippen LogP contribution < -0.4 is 0 Å². The van der Waals surface area contributed by atoms with Gasteiger partial charge in [0.25, 0.3) is 0 Å². The lowest BCUT2D eigenvalue weighted by Gasteiger charge is -1.97. The van der Waals surface area contributed by atoms with Crippen molar-refractivity contribution in [1.82, 2.24) is 4.98 Å². The molecule has 2 nitrogen and oxygen atoms in total. The van der Waals surface area contributed by atoms with Crippen molar-refractivity contribution in [2.75, 3.05) is 0 Å². The second kappa shape index (κ2) is 3.72. The van der Waals surface area contributed by atoms with E-state index in [0.717, 1.165) is 16.1 Å². The van der Waals surface area contributed by atoms with Crippen LogP contribution in [0.15, 0.2) is 35.8 Å². The van der Waals surface area contributed by atoms with E-state index in [-0.39, 0.29) is 5.78 Å². The molecule has 0 saturated carbocycles. The van der Waals surface area contributed by atoms with Crippen LogP contribution in [0, 0.1) is 6.92 Å². The molecule has 1 aromatic carbocycles. The van der Waals surface area contributed by atoms with Gasteiger partial charge in [0.15, 0.2) is 0 Å². The number of hydrogen-bond donors (Lipinski definition) is 0. The van der Waals surface area contributed by atoms with Crippen LogP contribution in [0.4, 0.5) is 0 Å². The lowest BCUT2D eigenvalue weighted by atomic mass is 10.1. The number of aromatic nitrogens is 1. The van der Waals surface area contributed by atoms with Gasteiger partial charge < -0.3 is 0 Å². The Labute approximate surface area is 86.2 Å². The van der Waals surface area contributed by atoms with Crippen molar-refractivity contribution in [3.05, 3.63) is 52.0 Å². The summed E-state index contributed by atoms with van der Waals surface area (Å²) in [5, 5.41) is 0. The van der Waals surface area contributed by atoms with Crippen LogP contribution in [0.2, 0.25) is 0 Å². The predicted molar refractivity (Wildman–Crippen MR) is 56.7 cm³/mol. The van der Waals surface area contributed by atoms with Crippen molar-refractivity contribution >= 4 is 17.1 Å². The zero-order valence-corrected chi connectivity index (χ0v) is 8.54. The smallest absolute Gasteiger partial charge is 0.204 e. The van der Waals surface area contributed by atoms with Gasteiger partial charge in [-0.25, -0.2) is 4.98 Å². The lowest BCUT2D eigenvalue weighted by Crippen LogP contribution is -1.99. The first-order valence-electron chi connectivity index (χ1n) is 4.29. The van der Waals surface area contributed by atoms with Crippen LogP contribution in [0.5, 0.6) is 0 Å². The molecule has 0 bridgehead atoms. The Morgan fingerprint density at radius 1 is 1.29 bits per heavy atom. The number of carbonyl (C=O) groups excluding carboxylic acids is 1. The molecule has 0 saturated heterocycles. The van der Waals surface area contributed by atoms with Gasteiger partial charge in [-0.1, -0.05) is 30.3 Å². The van der Waals surface area contributed by atoms with Crippen LogP contribution in [-0.4, -0.2) is 10.8 Å². The summed E-state index contributed by atoms with van der Waals surface area (Å²) in [7, 11) is 0. The van der Waals surface area contributed by atoms with Gasteiger partial charge in [0.2, 0.25) is 5.78 Å². The molecule has 0 fully saturated rings. The molecule has 2 aromatic rings. The molecule has 1 heterocycles. The van der Waals surface area contributed by atoms with Gasteiger partial charge in [-0.15, -0.1) is 11.3 Å². The third-order valence-corrected chi connectivity index (χ3v) is 2.92. The van der Waals surface area contributed by atoms with Crippen molar-refractivity contribution in [1.29, 1.82) is 0 Å². The highest BCUT2D eigenvalue weighted by molar-refractivity contribution is 7.12. The van der Waals surface area contributed by atoms with Crippen LogP contribution in [0.3, 0.4) is 0 Å². The van der Waals surface area contributed by atoms with Gasteiger partial charge in [-0.05, 0) is 6.92 Å².